The van der Waals surface area contributed by atoms with Crippen LogP contribution in [0.25, 0.3) is 0 Å². The first-order valence-electron chi connectivity index (χ1n) is 5.02. The van der Waals surface area contributed by atoms with Gasteiger partial charge in [-0.3, -0.25) is 0 Å². The highest BCUT2D eigenvalue weighted by molar-refractivity contribution is 5.70. The van der Waals surface area contributed by atoms with Gasteiger partial charge in [-0.1, -0.05) is 0 Å². The van der Waals surface area contributed by atoms with E-state index in [4.69, 9.17) is 11.0 Å². The monoisotopic (exact) mass is 241 g/mol. The Bertz CT molecular complexity index is 484. The average molecular weight is 241 g/mol. The number of benzene rings is 1. The molecule has 1 fully saturated rings. The fourth-order valence-corrected chi connectivity index (χ4v) is 1.60. The number of anilines is 2. The molecule has 0 atom stereocenters. The molecule has 3 nitrogen and oxygen atoms in total. The zero-order valence-corrected chi connectivity index (χ0v) is 8.80. The Morgan fingerprint density at radius 1 is 1.35 bits per heavy atom. The fraction of sp³-hybridized carbons (Fsp3) is 0.364. The van der Waals surface area contributed by atoms with Crippen molar-refractivity contribution < 1.29 is 13.2 Å². The van der Waals surface area contributed by atoms with Gasteiger partial charge in [0, 0.05) is 0 Å². The fourth-order valence-electron chi connectivity index (χ4n) is 1.60. The maximum atomic E-state index is 12.7. The van der Waals surface area contributed by atoms with Crippen LogP contribution in [0.1, 0.15) is 18.4 Å². The summed E-state index contributed by atoms with van der Waals surface area (Å²) in [6.45, 7) is 0. The van der Waals surface area contributed by atoms with Crippen LogP contribution in [0, 0.1) is 11.3 Å². The van der Waals surface area contributed by atoms with E-state index in [1.54, 1.807) is 0 Å². The number of nitrogens with two attached hydrogens (primary N) is 1. The normalized spacial score (nSPS) is 17.3. The molecular weight excluding hydrogens is 231 g/mol. The highest BCUT2D eigenvalue weighted by atomic mass is 19.4. The minimum atomic E-state index is -4.30. The van der Waals surface area contributed by atoms with Crippen LogP contribution < -0.4 is 11.1 Å². The quantitative estimate of drug-likeness (QED) is 0.782. The van der Waals surface area contributed by atoms with E-state index in [1.807, 2.05) is 6.07 Å². The molecule has 0 bridgehead atoms. The highest BCUT2D eigenvalue weighted by Crippen LogP contribution is 2.51. The number of nitrogen functional groups attached to an aromatic ring is 1. The summed E-state index contributed by atoms with van der Waals surface area (Å²) >= 11 is 0. The molecule has 1 aromatic rings. The molecule has 0 unspecified atom stereocenters. The summed E-state index contributed by atoms with van der Waals surface area (Å²) in [5, 5.41) is 11.1. The zero-order valence-electron chi connectivity index (χ0n) is 8.80. The number of hydrogen-bond acceptors (Lipinski definition) is 3. The van der Waals surface area contributed by atoms with E-state index in [0.717, 1.165) is 0 Å². The number of hydrogen-bond donors (Lipinski definition) is 2. The Balaban J connectivity index is 2.28. The van der Waals surface area contributed by atoms with Crippen LogP contribution >= 0.6 is 0 Å². The van der Waals surface area contributed by atoms with Crippen molar-refractivity contribution in [2.24, 2.45) is 0 Å². The third-order valence-electron chi connectivity index (χ3n) is 2.85. The lowest BCUT2D eigenvalue weighted by Gasteiger charge is -2.22. The Morgan fingerprint density at radius 3 is 2.47 bits per heavy atom. The standard InChI is InChI=1S/C11H10F3N3/c12-11(13,14)10(3-4-10)17-9-5-7(6-15)1-2-8(9)16/h1-2,5,17H,3-4,16H2. The predicted molar refractivity (Wildman–Crippen MR) is 57.2 cm³/mol. The summed E-state index contributed by atoms with van der Waals surface area (Å²) in [5.74, 6) is 0. The number of nitrogens with one attached hydrogen (secondary N) is 1. The zero-order chi connectivity index (χ0) is 12.7. The summed E-state index contributed by atoms with van der Waals surface area (Å²) in [7, 11) is 0. The molecule has 0 spiro atoms. The van der Waals surface area contributed by atoms with Crippen molar-refractivity contribution in [3.63, 3.8) is 0 Å². The first kappa shape index (κ1) is 11.6. The molecule has 1 aromatic carbocycles. The van der Waals surface area contributed by atoms with Gasteiger partial charge in [0.15, 0.2) is 0 Å². The van der Waals surface area contributed by atoms with E-state index in [1.165, 1.54) is 18.2 Å². The smallest absolute Gasteiger partial charge is 0.397 e. The van der Waals surface area contributed by atoms with Crippen LogP contribution in [0.15, 0.2) is 18.2 Å². The highest BCUT2D eigenvalue weighted by Gasteiger charge is 2.63. The number of alkyl halides is 3. The van der Waals surface area contributed by atoms with E-state index in [2.05, 4.69) is 5.32 Å². The second kappa shape index (κ2) is 3.55. The van der Waals surface area contributed by atoms with E-state index < -0.39 is 11.7 Å². The van der Waals surface area contributed by atoms with Crippen molar-refractivity contribution in [1.82, 2.24) is 0 Å². The van der Waals surface area contributed by atoms with Crippen LogP contribution in [0.4, 0.5) is 24.5 Å². The van der Waals surface area contributed by atoms with Crippen molar-refractivity contribution in [2.45, 2.75) is 24.6 Å². The van der Waals surface area contributed by atoms with E-state index in [0.29, 0.717) is 0 Å². The van der Waals surface area contributed by atoms with Gasteiger partial charge in [-0.05, 0) is 31.0 Å². The minimum Gasteiger partial charge on any atom is -0.397 e. The molecule has 17 heavy (non-hydrogen) atoms. The van der Waals surface area contributed by atoms with Crippen molar-refractivity contribution in [3.8, 4) is 6.07 Å². The Kier molecular flexibility index (Phi) is 2.42. The van der Waals surface area contributed by atoms with Crippen LogP contribution in [-0.2, 0) is 0 Å². The molecule has 0 radical (unpaired) electrons. The second-order valence-corrected chi connectivity index (χ2v) is 4.12. The van der Waals surface area contributed by atoms with Crippen molar-refractivity contribution in [2.75, 3.05) is 11.1 Å². The lowest BCUT2D eigenvalue weighted by molar-refractivity contribution is -0.151. The topological polar surface area (TPSA) is 61.8 Å². The van der Waals surface area contributed by atoms with Crippen molar-refractivity contribution in [1.29, 1.82) is 5.26 Å². The lowest BCUT2D eigenvalue weighted by Crippen LogP contribution is -2.38. The number of nitriles is 1. The van der Waals surface area contributed by atoms with Gasteiger partial charge < -0.3 is 11.1 Å². The molecular formula is C11H10F3N3. The van der Waals surface area contributed by atoms with Gasteiger partial charge in [-0.25, -0.2) is 0 Å². The molecule has 0 heterocycles. The van der Waals surface area contributed by atoms with Gasteiger partial charge in [0.25, 0.3) is 0 Å². The first-order chi connectivity index (χ1) is 7.88. The van der Waals surface area contributed by atoms with Gasteiger partial charge in [0.05, 0.1) is 23.0 Å². The summed E-state index contributed by atoms with van der Waals surface area (Å²) in [4.78, 5) is 0. The molecule has 1 aliphatic rings. The number of nitrogens with zero attached hydrogens (tertiary/aromatic N) is 1. The summed E-state index contributed by atoms with van der Waals surface area (Å²) in [6, 6.07) is 6.09. The third kappa shape index (κ3) is 2.00. The van der Waals surface area contributed by atoms with E-state index in [9.17, 15) is 13.2 Å². The molecule has 1 saturated carbocycles. The second-order valence-electron chi connectivity index (χ2n) is 4.12. The number of halogens is 3. The van der Waals surface area contributed by atoms with E-state index in [-0.39, 0.29) is 29.8 Å². The average Bonchev–Trinajstić information content (AvgIpc) is 3.01. The van der Waals surface area contributed by atoms with Gasteiger partial charge in [-0.2, -0.15) is 18.4 Å². The molecule has 0 saturated heterocycles. The summed E-state index contributed by atoms with van der Waals surface area (Å²) < 4.78 is 38.2. The molecule has 2 rings (SSSR count). The van der Waals surface area contributed by atoms with Crippen LogP contribution in [-0.4, -0.2) is 11.7 Å². The molecule has 6 heteroatoms. The molecule has 1 aliphatic carbocycles. The Labute approximate surface area is 96.0 Å². The maximum Gasteiger partial charge on any atom is 0.411 e. The third-order valence-corrected chi connectivity index (χ3v) is 2.85. The minimum absolute atomic E-state index is 0.0344. The summed E-state index contributed by atoms with van der Waals surface area (Å²) in [6.07, 6.45) is -4.23. The molecule has 0 aliphatic heterocycles. The SMILES string of the molecule is N#Cc1ccc(N)c(NC2(C(F)(F)F)CC2)c1. The molecule has 0 aromatic heterocycles. The molecule has 3 N–H and O–H groups in total. The van der Waals surface area contributed by atoms with Crippen LogP contribution in [0.3, 0.4) is 0 Å². The van der Waals surface area contributed by atoms with E-state index >= 15 is 0 Å². The van der Waals surface area contributed by atoms with Crippen LogP contribution in [0.5, 0.6) is 0 Å². The van der Waals surface area contributed by atoms with Crippen molar-refractivity contribution >= 4 is 11.4 Å². The molecule has 0 amide bonds. The summed E-state index contributed by atoms with van der Waals surface area (Å²) in [5.41, 5.74) is 4.37. The van der Waals surface area contributed by atoms with Crippen LogP contribution in [0.2, 0.25) is 0 Å². The Morgan fingerprint density at radius 2 is 2.00 bits per heavy atom. The molecule has 90 valence electrons. The first-order valence-corrected chi connectivity index (χ1v) is 5.02. The largest absolute Gasteiger partial charge is 0.411 e. The van der Waals surface area contributed by atoms with Crippen molar-refractivity contribution in [3.05, 3.63) is 23.8 Å². The Hall–Kier alpha value is -1.90. The predicted octanol–water partition coefficient (Wildman–Crippen LogP) is 2.65. The number of rotatable bonds is 2. The maximum absolute atomic E-state index is 12.7. The van der Waals surface area contributed by atoms with Gasteiger partial charge in [0.2, 0.25) is 0 Å². The van der Waals surface area contributed by atoms with Gasteiger partial charge >= 0.3 is 6.18 Å². The van der Waals surface area contributed by atoms with Gasteiger partial charge in [0.1, 0.15) is 5.54 Å². The van der Waals surface area contributed by atoms with Gasteiger partial charge in [-0.15, -0.1) is 0 Å². The lowest BCUT2D eigenvalue weighted by atomic mass is 10.1.